The molecule has 1 aromatic carbocycles. The van der Waals surface area contributed by atoms with Crippen LogP contribution in [-0.4, -0.2) is 25.5 Å². The summed E-state index contributed by atoms with van der Waals surface area (Å²) in [5.41, 5.74) is 8.11. The van der Waals surface area contributed by atoms with Crippen LogP contribution in [0.25, 0.3) is 0 Å². The summed E-state index contributed by atoms with van der Waals surface area (Å²) in [7, 11) is 0. The topological polar surface area (TPSA) is 58.4 Å². The lowest BCUT2D eigenvalue weighted by molar-refractivity contribution is -0.120. The quantitative estimate of drug-likeness (QED) is 0.802. The second-order valence-electron chi connectivity index (χ2n) is 4.47. The summed E-state index contributed by atoms with van der Waals surface area (Å²) in [6, 6.07) is 8.33. The third-order valence-electron chi connectivity index (χ3n) is 3.10. The van der Waals surface area contributed by atoms with Crippen LogP contribution >= 0.6 is 0 Å². The van der Waals surface area contributed by atoms with Gasteiger partial charge in [-0.25, -0.2) is 0 Å². The van der Waals surface area contributed by atoms with Crippen LogP contribution in [0.1, 0.15) is 24.9 Å². The van der Waals surface area contributed by atoms with E-state index in [4.69, 9.17) is 5.73 Å². The van der Waals surface area contributed by atoms with Gasteiger partial charge < -0.3 is 16.0 Å². The van der Waals surface area contributed by atoms with Crippen LogP contribution in [0.15, 0.2) is 24.3 Å². The molecule has 1 saturated heterocycles. The van der Waals surface area contributed by atoms with Gasteiger partial charge in [0.25, 0.3) is 0 Å². The van der Waals surface area contributed by atoms with E-state index in [2.05, 4.69) is 34.5 Å². The van der Waals surface area contributed by atoms with Gasteiger partial charge in [-0.2, -0.15) is 0 Å². The molecule has 17 heavy (non-hydrogen) atoms. The molecule has 1 fully saturated rings. The van der Waals surface area contributed by atoms with Gasteiger partial charge in [0.2, 0.25) is 5.91 Å². The second kappa shape index (κ2) is 5.19. The number of carbonyl (C=O) groups is 1. The first kappa shape index (κ1) is 11.9. The van der Waals surface area contributed by atoms with Crippen LogP contribution in [0.2, 0.25) is 0 Å². The van der Waals surface area contributed by atoms with Crippen molar-refractivity contribution >= 4 is 11.6 Å². The minimum Gasteiger partial charge on any atom is -0.369 e. The lowest BCUT2D eigenvalue weighted by atomic mass is 10.1. The minimum atomic E-state index is 0.0661. The zero-order valence-corrected chi connectivity index (χ0v) is 10.1. The monoisotopic (exact) mass is 233 g/mol. The van der Waals surface area contributed by atoms with Gasteiger partial charge in [-0.15, -0.1) is 0 Å². The van der Waals surface area contributed by atoms with E-state index in [1.54, 1.807) is 0 Å². The third-order valence-corrected chi connectivity index (χ3v) is 3.10. The fraction of sp³-hybridized carbons (Fsp3) is 0.462. The third kappa shape index (κ3) is 2.97. The van der Waals surface area contributed by atoms with Crippen molar-refractivity contribution in [3.63, 3.8) is 0 Å². The van der Waals surface area contributed by atoms with E-state index >= 15 is 0 Å². The predicted octanol–water partition coefficient (Wildman–Crippen LogP) is 1.03. The van der Waals surface area contributed by atoms with Crippen molar-refractivity contribution in [1.82, 2.24) is 5.32 Å². The van der Waals surface area contributed by atoms with Crippen LogP contribution < -0.4 is 16.0 Å². The summed E-state index contributed by atoms with van der Waals surface area (Å²) in [4.78, 5) is 13.5. The summed E-state index contributed by atoms with van der Waals surface area (Å²) < 4.78 is 0. The van der Waals surface area contributed by atoms with E-state index in [0.717, 1.165) is 24.3 Å². The molecule has 4 nitrogen and oxygen atoms in total. The summed E-state index contributed by atoms with van der Waals surface area (Å²) in [5.74, 6) is 0.139. The zero-order valence-electron chi connectivity index (χ0n) is 10.1. The molecule has 0 spiro atoms. The molecule has 1 aliphatic rings. The molecule has 1 heterocycles. The molecule has 92 valence electrons. The van der Waals surface area contributed by atoms with Crippen LogP contribution in [-0.2, 0) is 4.79 Å². The largest absolute Gasteiger partial charge is 0.369 e. The molecule has 0 aliphatic carbocycles. The fourth-order valence-corrected chi connectivity index (χ4v) is 2.01. The predicted molar refractivity (Wildman–Crippen MR) is 68.9 cm³/mol. The molecule has 0 unspecified atom stereocenters. The van der Waals surface area contributed by atoms with E-state index < -0.39 is 0 Å². The molecule has 0 radical (unpaired) electrons. The highest BCUT2D eigenvalue weighted by Crippen LogP contribution is 2.18. The molecule has 0 aromatic heterocycles. The molecule has 1 amide bonds. The lowest BCUT2D eigenvalue weighted by Crippen LogP contribution is -2.28. The number of anilines is 1. The smallest absolute Gasteiger partial charge is 0.221 e. The number of hydrogen-bond donors (Lipinski definition) is 2. The Hall–Kier alpha value is -1.55. The Morgan fingerprint density at radius 3 is 2.65 bits per heavy atom. The first-order valence-electron chi connectivity index (χ1n) is 6.04. The van der Waals surface area contributed by atoms with E-state index in [1.807, 2.05) is 6.92 Å². The number of nitrogens with one attached hydrogen (secondary N) is 1. The van der Waals surface area contributed by atoms with Crippen molar-refractivity contribution in [3.8, 4) is 0 Å². The average Bonchev–Trinajstić information content (AvgIpc) is 2.54. The highest BCUT2D eigenvalue weighted by molar-refractivity contribution is 5.77. The number of benzene rings is 1. The van der Waals surface area contributed by atoms with Crippen LogP contribution in [0.5, 0.6) is 0 Å². The van der Waals surface area contributed by atoms with Crippen molar-refractivity contribution < 1.29 is 4.79 Å². The number of carbonyl (C=O) groups excluding carboxylic acids is 1. The van der Waals surface area contributed by atoms with Gasteiger partial charge in [-0.05, 0) is 24.6 Å². The Morgan fingerprint density at radius 2 is 2.00 bits per heavy atom. The Labute approximate surface area is 102 Å². The normalized spacial score (nSPS) is 18.5. The number of hydrogen-bond acceptors (Lipinski definition) is 3. The maximum atomic E-state index is 11.2. The Morgan fingerprint density at radius 1 is 1.29 bits per heavy atom. The van der Waals surface area contributed by atoms with E-state index in [9.17, 15) is 4.79 Å². The number of amides is 1. The maximum absolute atomic E-state index is 11.2. The van der Waals surface area contributed by atoms with Crippen LogP contribution in [0.3, 0.4) is 0 Å². The number of nitrogens with two attached hydrogens (primary N) is 1. The molecule has 3 N–H and O–H groups in total. The first-order chi connectivity index (χ1) is 8.16. The molecule has 2 rings (SSSR count). The summed E-state index contributed by atoms with van der Waals surface area (Å²) in [6.07, 6.45) is 0.565. The summed E-state index contributed by atoms with van der Waals surface area (Å²) in [5, 5.41) is 2.87. The van der Waals surface area contributed by atoms with Crippen LogP contribution in [0, 0.1) is 0 Å². The number of rotatable bonds is 2. The molecule has 1 aliphatic heterocycles. The van der Waals surface area contributed by atoms with Gasteiger partial charge in [0.15, 0.2) is 0 Å². The fourth-order valence-electron chi connectivity index (χ4n) is 2.01. The molecule has 4 heteroatoms. The zero-order chi connectivity index (χ0) is 12.3. The molecule has 0 bridgehead atoms. The first-order valence-corrected chi connectivity index (χ1v) is 6.04. The highest BCUT2D eigenvalue weighted by atomic mass is 16.1. The maximum Gasteiger partial charge on any atom is 0.221 e. The molecular formula is C13H19N3O. The standard InChI is InChI=1S/C13H19N3O/c1-10(14)11-2-4-12(5-3-11)16-8-6-13(17)15-7-9-16/h2-5,10H,6-9,14H2,1H3,(H,15,17)/t10-/m1/s1. The molecule has 0 saturated carbocycles. The SMILES string of the molecule is C[C@@H](N)c1ccc(N2CCNC(=O)CC2)cc1. The average molecular weight is 233 g/mol. The summed E-state index contributed by atoms with van der Waals surface area (Å²) >= 11 is 0. The van der Waals surface area contributed by atoms with Crippen molar-refractivity contribution in [2.45, 2.75) is 19.4 Å². The van der Waals surface area contributed by atoms with Crippen molar-refractivity contribution in [2.24, 2.45) is 5.73 Å². The van der Waals surface area contributed by atoms with Crippen molar-refractivity contribution in [3.05, 3.63) is 29.8 Å². The van der Waals surface area contributed by atoms with Crippen molar-refractivity contribution in [1.29, 1.82) is 0 Å². The lowest BCUT2D eigenvalue weighted by Gasteiger charge is -2.22. The Balaban J connectivity index is 2.08. The molecular weight excluding hydrogens is 214 g/mol. The van der Waals surface area contributed by atoms with E-state index in [-0.39, 0.29) is 11.9 Å². The van der Waals surface area contributed by atoms with Gasteiger partial charge in [-0.3, -0.25) is 4.79 Å². The number of nitrogens with zero attached hydrogens (tertiary/aromatic N) is 1. The van der Waals surface area contributed by atoms with Gasteiger partial charge in [0, 0.05) is 37.8 Å². The van der Waals surface area contributed by atoms with Crippen LogP contribution in [0.4, 0.5) is 5.69 Å². The Kier molecular flexibility index (Phi) is 3.64. The second-order valence-corrected chi connectivity index (χ2v) is 4.47. The van der Waals surface area contributed by atoms with Crippen molar-refractivity contribution in [2.75, 3.05) is 24.5 Å². The van der Waals surface area contributed by atoms with E-state index in [1.165, 1.54) is 0 Å². The van der Waals surface area contributed by atoms with Gasteiger partial charge in [0.05, 0.1) is 0 Å². The minimum absolute atomic E-state index is 0.0661. The molecule has 1 aromatic rings. The van der Waals surface area contributed by atoms with Gasteiger partial charge in [0.1, 0.15) is 0 Å². The molecule has 1 atom stereocenters. The van der Waals surface area contributed by atoms with Gasteiger partial charge in [-0.1, -0.05) is 12.1 Å². The summed E-state index contributed by atoms with van der Waals surface area (Å²) in [6.45, 7) is 4.34. The van der Waals surface area contributed by atoms with Gasteiger partial charge >= 0.3 is 0 Å². The van der Waals surface area contributed by atoms with E-state index in [0.29, 0.717) is 13.0 Å². The Bertz CT molecular complexity index is 386. The highest BCUT2D eigenvalue weighted by Gasteiger charge is 2.13.